The number of hydrogen-bond acceptors (Lipinski definition) is 7. The van der Waals surface area contributed by atoms with E-state index in [1.807, 2.05) is 43.3 Å². The second kappa shape index (κ2) is 10.9. The predicted molar refractivity (Wildman–Crippen MR) is 135 cm³/mol. The maximum absolute atomic E-state index is 13.2. The average Bonchev–Trinajstić information content (AvgIpc) is 3.22. The molecule has 0 aliphatic heterocycles. The molecular weight excluding hydrogens is 450 g/mol. The van der Waals surface area contributed by atoms with E-state index in [1.165, 1.54) is 28.7 Å². The minimum Gasteiger partial charge on any atom is -0.351 e. The quantitative estimate of drug-likeness (QED) is 0.358. The van der Waals surface area contributed by atoms with E-state index in [9.17, 15) is 4.79 Å². The molecule has 1 amide bonds. The van der Waals surface area contributed by atoms with Crippen molar-refractivity contribution in [2.45, 2.75) is 42.7 Å². The molecule has 0 unspecified atom stereocenters. The number of benzene rings is 2. The summed E-state index contributed by atoms with van der Waals surface area (Å²) >= 11 is 2.95. The first-order chi connectivity index (χ1) is 16.0. The van der Waals surface area contributed by atoms with Gasteiger partial charge in [0.05, 0.1) is 11.1 Å². The van der Waals surface area contributed by atoms with E-state index in [2.05, 4.69) is 58.5 Å². The summed E-state index contributed by atoms with van der Waals surface area (Å²) in [6.07, 6.45) is 0. The highest BCUT2D eigenvalue weighted by atomic mass is 32.2. The van der Waals surface area contributed by atoms with E-state index in [0.29, 0.717) is 18.2 Å². The summed E-state index contributed by atoms with van der Waals surface area (Å²) in [5, 5.41) is 13.8. The van der Waals surface area contributed by atoms with E-state index < -0.39 is 0 Å². The fraction of sp³-hybridized carbons (Fsp3) is 0.280. The zero-order valence-corrected chi connectivity index (χ0v) is 20.6. The SMILES string of the molecule is Cc1nnc(Sc2cc(C(=O)NCCN(Cc3ccccc3)C(C)C)c3ccccc3n2)s1. The van der Waals surface area contributed by atoms with E-state index in [4.69, 9.17) is 4.98 Å². The van der Waals surface area contributed by atoms with Gasteiger partial charge in [0.15, 0.2) is 4.34 Å². The molecule has 0 aliphatic carbocycles. The predicted octanol–water partition coefficient (Wildman–Crippen LogP) is 5.19. The van der Waals surface area contributed by atoms with Gasteiger partial charge in [-0.2, -0.15) is 0 Å². The number of amides is 1. The van der Waals surface area contributed by atoms with Crippen molar-refractivity contribution in [3.63, 3.8) is 0 Å². The maximum atomic E-state index is 13.2. The molecular formula is C25H27N5OS2. The van der Waals surface area contributed by atoms with Crippen LogP contribution < -0.4 is 5.32 Å². The number of hydrogen-bond donors (Lipinski definition) is 1. The van der Waals surface area contributed by atoms with Gasteiger partial charge in [-0.15, -0.1) is 10.2 Å². The zero-order chi connectivity index (χ0) is 23.2. The molecule has 0 radical (unpaired) electrons. The summed E-state index contributed by atoms with van der Waals surface area (Å²) in [4.78, 5) is 20.3. The van der Waals surface area contributed by atoms with E-state index in [0.717, 1.165) is 38.4 Å². The molecule has 4 rings (SSSR count). The molecule has 4 aromatic rings. The molecule has 0 saturated heterocycles. The van der Waals surface area contributed by atoms with Crippen molar-refractivity contribution < 1.29 is 4.79 Å². The first-order valence-electron chi connectivity index (χ1n) is 10.9. The minimum absolute atomic E-state index is 0.0905. The second-order valence-electron chi connectivity index (χ2n) is 8.02. The molecule has 2 heterocycles. The van der Waals surface area contributed by atoms with Gasteiger partial charge >= 0.3 is 0 Å². The molecule has 0 bridgehead atoms. The molecule has 1 N–H and O–H groups in total. The van der Waals surface area contributed by atoms with Gasteiger partial charge in [-0.25, -0.2) is 4.98 Å². The van der Waals surface area contributed by atoms with Crippen LogP contribution in [-0.4, -0.2) is 45.1 Å². The van der Waals surface area contributed by atoms with Crippen molar-refractivity contribution in [1.29, 1.82) is 0 Å². The lowest BCUT2D eigenvalue weighted by Gasteiger charge is -2.26. The smallest absolute Gasteiger partial charge is 0.252 e. The number of carbonyl (C=O) groups excluding carboxylic acids is 1. The van der Waals surface area contributed by atoms with Gasteiger partial charge in [0.2, 0.25) is 0 Å². The van der Waals surface area contributed by atoms with E-state index in [-0.39, 0.29) is 5.91 Å². The topological polar surface area (TPSA) is 71.0 Å². The molecule has 0 fully saturated rings. The average molecular weight is 478 g/mol. The molecule has 0 saturated carbocycles. The monoisotopic (exact) mass is 477 g/mol. The summed E-state index contributed by atoms with van der Waals surface area (Å²) in [6.45, 7) is 8.48. The van der Waals surface area contributed by atoms with E-state index in [1.54, 1.807) is 0 Å². The van der Waals surface area contributed by atoms with Crippen molar-refractivity contribution in [3.8, 4) is 0 Å². The molecule has 2 aromatic carbocycles. The summed E-state index contributed by atoms with van der Waals surface area (Å²) in [5.74, 6) is -0.0905. The molecule has 2 aromatic heterocycles. The number of nitrogens with one attached hydrogen (secondary N) is 1. The number of aryl methyl sites for hydroxylation is 1. The molecule has 0 atom stereocenters. The number of aromatic nitrogens is 3. The molecule has 6 nitrogen and oxygen atoms in total. The van der Waals surface area contributed by atoms with Gasteiger partial charge < -0.3 is 5.32 Å². The lowest BCUT2D eigenvalue weighted by molar-refractivity contribution is 0.0945. The Balaban J connectivity index is 1.47. The Morgan fingerprint density at radius 1 is 1.09 bits per heavy atom. The molecule has 0 aliphatic rings. The lowest BCUT2D eigenvalue weighted by Crippen LogP contribution is -2.38. The molecule has 0 spiro atoms. The van der Waals surface area contributed by atoms with Crippen LogP contribution in [0.25, 0.3) is 10.9 Å². The number of fused-ring (bicyclic) bond motifs is 1. The first-order valence-corrected chi connectivity index (χ1v) is 12.6. The van der Waals surface area contributed by atoms with Crippen LogP contribution in [0.3, 0.4) is 0 Å². The molecule has 33 heavy (non-hydrogen) atoms. The van der Waals surface area contributed by atoms with Crippen LogP contribution in [0.2, 0.25) is 0 Å². The van der Waals surface area contributed by atoms with Crippen LogP contribution in [0.5, 0.6) is 0 Å². The summed E-state index contributed by atoms with van der Waals surface area (Å²) in [7, 11) is 0. The van der Waals surface area contributed by atoms with Gasteiger partial charge in [-0.1, -0.05) is 59.9 Å². The van der Waals surface area contributed by atoms with Crippen molar-refractivity contribution in [1.82, 2.24) is 25.4 Å². The first kappa shape index (κ1) is 23.4. The number of pyridine rings is 1. The number of para-hydroxylation sites is 1. The highest BCUT2D eigenvalue weighted by Crippen LogP contribution is 2.31. The number of carbonyl (C=O) groups is 1. The highest BCUT2D eigenvalue weighted by Gasteiger charge is 2.16. The summed E-state index contributed by atoms with van der Waals surface area (Å²) in [5.41, 5.74) is 2.69. The maximum Gasteiger partial charge on any atom is 0.252 e. The Bertz CT molecular complexity index is 1230. The largest absolute Gasteiger partial charge is 0.351 e. The van der Waals surface area contributed by atoms with Gasteiger partial charge in [0.25, 0.3) is 5.91 Å². The third-order valence-corrected chi connectivity index (χ3v) is 7.09. The highest BCUT2D eigenvalue weighted by molar-refractivity contribution is 8.01. The molecule has 170 valence electrons. The number of nitrogens with zero attached hydrogens (tertiary/aromatic N) is 4. The van der Waals surface area contributed by atoms with Gasteiger partial charge in [-0.3, -0.25) is 9.69 Å². The van der Waals surface area contributed by atoms with Crippen molar-refractivity contribution >= 4 is 39.9 Å². The zero-order valence-electron chi connectivity index (χ0n) is 19.0. The van der Waals surface area contributed by atoms with Crippen LogP contribution in [-0.2, 0) is 6.54 Å². The van der Waals surface area contributed by atoms with Gasteiger partial charge in [-0.05, 0) is 50.2 Å². The third kappa shape index (κ3) is 6.16. The fourth-order valence-electron chi connectivity index (χ4n) is 3.55. The standard InChI is InChI=1S/C25H27N5OS2/c1-17(2)30(16-19-9-5-4-6-10-19)14-13-26-24(31)21-15-23(33-25-29-28-18(3)32-25)27-22-12-8-7-11-20(21)22/h4-12,15,17H,13-14,16H2,1-3H3,(H,26,31). The summed E-state index contributed by atoms with van der Waals surface area (Å²) < 4.78 is 0.815. The van der Waals surface area contributed by atoms with Crippen molar-refractivity contribution in [2.24, 2.45) is 0 Å². The normalized spacial score (nSPS) is 11.4. The van der Waals surface area contributed by atoms with Crippen LogP contribution in [0, 0.1) is 6.92 Å². The lowest BCUT2D eigenvalue weighted by atomic mass is 10.1. The Hall–Kier alpha value is -2.81. The Morgan fingerprint density at radius 2 is 1.85 bits per heavy atom. The van der Waals surface area contributed by atoms with Crippen LogP contribution in [0.1, 0.15) is 34.8 Å². The Kier molecular flexibility index (Phi) is 7.69. The van der Waals surface area contributed by atoms with Gasteiger partial charge in [0.1, 0.15) is 10.0 Å². The number of rotatable bonds is 9. The van der Waals surface area contributed by atoms with Crippen molar-refractivity contribution in [2.75, 3.05) is 13.1 Å². The van der Waals surface area contributed by atoms with E-state index >= 15 is 0 Å². The van der Waals surface area contributed by atoms with Crippen LogP contribution in [0.15, 0.2) is 70.0 Å². The summed E-state index contributed by atoms with van der Waals surface area (Å²) in [6, 6.07) is 20.4. The third-order valence-electron chi connectivity index (χ3n) is 5.28. The fourth-order valence-corrected chi connectivity index (χ4v) is 5.33. The Morgan fingerprint density at radius 3 is 2.58 bits per heavy atom. The van der Waals surface area contributed by atoms with Gasteiger partial charge in [0, 0.05) is 31.1 Å². The Labute approximate surface area is 202 Å². The molecule has 8 heteroatoms. The second-order valence-corrected chi connectivity index (χ2v) is 10.5. The van der Waals surface area contributed by atoms with Crippen molar-refractivity contribution in [3.05, 3.63) is 76.8 Å². The van der Waals surface area contributed by atoms with Crippen LogP contribution >= 0.6 is 23.1 Å². The van der Waals surface area contributed by atoms with Crippen LogP contribution in [0.4, 0.5) is 0 Å². The minimum atomic E-state index is -0.0905.